The van der Waals surface area contributed by atoms with E-state index < -0.39 is 21.7 Å². The van der Waals surface area contributed by atoms with E-state index >= 15 is 0 Å². The van der Waals surface area contributed by atoms with Crippen LogP contribution in [0, 0.1) is 5.82 Å². The van der Waals surface area contributed by atoms with Gasteiger partial charge in [-0.2, -0.15) is 18.6 Å². The zero-order valence-electron chi connectivity index (χ0n) is 16.3. The van der Waals surface area contributed by atoms with Crippen molar-refractivity contribution in [2.45, 2.75) is 5.03 Å². The first kappa shape index (κ1) is 20.8. The normalized spacial score (nSPS) is 11.6. The highest BCUT2D eigenvalue weighted by Gasteiger charge is 2.20. The highest BCUT2D eigenvalue weighted by atomic mass is 35.5. The number of benzene rings is 2. The highest BCUT2D eigenvalue weighted by molar-refractivity contribution is 7.92. The molecular formula is C19H16ClFN6O3S. The summed E-state index contributed by atoms with van der Waals surface area (Å²) in [5.74, 6) is -1.07. The largest absolute Gasteiger partial charge is 0.321 e. The van der Waals surface area contributed by atoms with Crippen molar-refractivity contribution in [1.29, 1.82) is 0 Å². The molecule has 0 radical (unpaired) electrons. The Hall–Kier alpha value is -3.44. The highest BCUT2D eigenvalue weighted by Crippen LogP contribution is 2.25. The quantitative estimate of drug-likeness (QED) is 0.473. The first-order valence-electron chi connectivity index (χ1n) is 8.90. The number of aryl methyl sites for hydroxylation is 2. The van der Waals surface area contributed by atoms with Gasteiger partial charge in [-0.05, 0) is 42.5 Å². The summed E-state index contributed by atoms with van der Waals surface area (Å²) in [6.07, 6.45) is 1.52. The Morgan fingerprint density at radius 3 is 2.48 bits per heavy atom. The van der Waals surface area contributed by atoms with Crippen molar-refractivity contribution in [2.24, 2.45) is 14.1 Å². The molecule has 2 heterocycles. The summed E-state index contributed by atoms with van der Waals surface area (Å²) in [5, 5.41) is 11.1. The molecule has 4 rings (SSSR count). The topological polar surface area (TPSA) is 111 Å². The van der Waals surface area contributed by atoms with Crippen LogP contribution >= 0.6 is 11.6 Å². The van der Waals surface area contributed by atoms with Crippen molar-refractivity contribution in [2.75, 3.05) is 10.0 Å². The number of halogens is 2. The van der Waals surface area contributed by atoms with Gasteiger partial charge in [-0.25, -0.2) is 4.39 Å². The zero-order valence-corrected chi connectivity index (χ0v) is 17.9. The van der Waals surface area contributed by atoms with Crippen LogP contribution in [0.4, 0.5) is 15.8 Å². The molecule has 0 aliphatic rings. The zero-order chi connectivity index (χ0) is 22.3. The van der Waals surface area contributed by atoms with Crippen molar-refractivity contribution in [3.05, 3.63) is 65.2 Å². The van der Waals surface area contributed by atoms with E-state index in [0.717, 1.165) is 6.07 Å². The van der Waals surface area contributed by atoms with E-state index in [4.69, 9.17) is 11.6 Å². The lowest BCUT2D eigenvalue weighted by Gasteiger charge is -2.07. The van der Waals surface area contributed by atoms with Crippen LogP contribution in [0.5, 0.6) is 0 Å². The summed E-state index contributed by atoms with van der Waals surface area (Å²) in [6.45, 7) is 0. The van der Waals surface area contributed by atoms with E-state index in [1.54, 1.807) is 20.2 Å². The number of nitrogens with one attached hydrogen (secondary N) is 2. The van der Waals surface area contributed by atoms with Gasteiger partial charge >= 0.3 is 0 Å². The van der Waals surface area contributed by atoms with Crippen LogP contribution in [-0.4, -0.2) is 33.9 Å². The van der Waals surface area contributed by atoms with E-state index in [2.05, 4.69) is 20.2 Å². The molecule has 0 unspecified atom stereocenters. The molecule has 31 heavy (non-hydrogen) atoms. The minimum absolute atomic E-state index is 0.113. The van der Waals surface area contributed by atoms with Crippen LogP contribution in [0.25, 0.3) is 10.9 Å². The van der Waals surface area contributed by atoms with Crippen LogP contribution in [-0.2, 0) is 24.1 Å². The number of carbonyl (C=O) groups excluding carboxylic acids is 1. The molecule has 0 aliphatic carbocycles. The van der Waals surface area contributed by atoms with Gasteiger partial charge in [0.05, 0.1) is 16.2 Å². The van der Waals surface area contributed by atoms with Crippen LogP contribution < -0.4 is 10.0 Å². The van der Waals surface area contributed by atoms with E-state index in [9.17, 15) is 17.6 Å². The van der Waals surface area contributed by atoms with Gasteiger partial charge in [-0.1, -0.05) is 11.6 Å². The van der Waals surface area contributed by atoms with Gasteiger partial charge in [0.25, 0.3) is 15.9 Å². The summed E-state index contributed by atoms with van der Waals surface area (Å²) in [4.78, 5) is 12.8. The third kappa shape index (κ3) is 4.09. The summed E-state index contributed by atoms with van der Waals surface area (Å²) in [7, 11) is -0.664. The average Bonchev–Trinajstić information content (AvgIpc) is 3.27. The minimum Gasteiger partial charge on any atom is -0.321 e. The molecule has 0 atom stereocenters. The number of carbonyl (C=O) groups is 1. The number of sulfonamides is 1. The van der Waals surface area contributed by atoms with E-state index in [1.165, 1.54) is 45.9 Å². The predicted molar refractivity (Wildman–Crippen MR) is 114 cm³/mol. The molecular weight excluding hydrogens is 447 g/mol. The Morgan fingerprint density at radius 2 is 1.81 bits per heavy atom. The molecule has 160 valence electrons. The number of nitrogens with zero attached hydrogens (tertiary/aromatic N) is 4. The number of rotatable bonds is 5. The van der Waals surface area contributed by atoms with Crippen LogP contribution in [0.15, 0.2) is 53.7 Å². The predicted octanol–water partition coefficient (Wildman–Crippen LogP) is 3.15. The minimum atomic E-state index is -3.87. The monoisotopic (exact) mass is 462 g/mol. The fourth-order valence-electron chi connectivity index (χ4n) is 3.04. The standard InChI is InChI=1S/C19H16ClFN6O3S/c1-26-8-7-17(24-26)31(29,30)25-12-3-5-13-16(10-12)23-27(2)18(13)19(28)22-11-4-6-15(21)14(20)9-11/h3-10,25H,1-2H3,(H,22,28). The lowest BCUT2D eigenvalue weighted by molar-refractivity contribution is 0.101. The maximum atomic E-state index is 13.3. The first-order valence-corrected chi connectivity index (χ1v) is 10.8. The molecule has 0 saturated carbocycles. The van der Waals surface area contributed by atoms with Gasteiger partial charge in [0.1, 0.15) is 11.5 Å². The van der Waals surface area contributed by atoms with Crippen molar-refractivity contribution in [3.63, 3.8) is 0 Å². The van der Waals surface area contributed by atoms with E-state index in [-0.39, 0.29) is 21.4 Å². The average molecular weight is 463 g/mol. The fraction of sp³-hybridized carbons (Fsp3) is 0.105. The molecule has 2 aromatic heterocycles. The van der Waals surface area contributed by atoms with Gasteiger partial charge in [0.15, 0.2) is 5.03 Å². The molecule has 12 heteroatoms. The number of hydrogen-bond acceptors (Lipinski definition) is 5. The molecule has 0 aliphatic heterocycles. The molecule has 9 nitrogen and oxygen atoms in total. The summed E-state index contributed by atoms with van der Waals surface area (Å²) >= 11 is 5.76. The second kappa shape index (κ2) is 7.67. The van der Waals surface area contributed by atoms with Gasteiger partial charge in [-0.3, -0.25) is 18.9 Å². The number of amides is 1. The second-order valence-corrected chi connectivity index (χ2v) is 8.76. The molecule has 2 N–H and O–H groups in total. The van der Waals surface area contributed by atoms with Crippen LogP contribution in [0.3, 0.4) is 0 Å². The number of fused-ring (bicyclic) bond motifs is 1. The Morgan fingerprint density at radius 1 is 1.06 bits per heavy atom. The van der Waals surface area contributed by atoms with Crippen LogP contribution in [0.2, 0.25) is 5.02 Å². The molecule has 4 aromatic rings. The first-order chi connectivity index (χ1) is 14.6. The van der Waals surface area contributed by atoms with Gasteiger partial charge in [0, 0.05) is 31.4 Å². The van der Waals surface area contributed by atoms with Crippen molar-refractivity contribution < 1.29 is 17.6 Å². The molecule has 1 amide bonds. The van der Waals surface area contributed by atoms with Gasteiger partial charge in [0.2, 0.25) is 0 Å². The number of aromatic nitrogens is 4. The number of hydrogen-bond donors (Lipinski definition) is 2. The number of anilines is 2. The van der Waals surface area contributed by atoms with Crippen LogP contribution in [0.1, 0.15) is 10.5 Å². The lowest BCUT2D eigenvalue weighted by atomic mass is 10.2. The third-order valence-corrected chi connectivity index (χ3v) is 6.01. The molecule has 0 fully saturated rings. The lowest BCUT2D eigenvalue weighted by Crippen LogP contribution is -2.16. The molecule has 0 bridgehead atoms. The third-order valence-electron chi connectivity index (χ3n) is 4.44. The summed E-state index contributed by atoms with van der Waals surface area (Å²) in [6, 6.07) is 9.85. The molecule has 2 aromatic carbocycles. The Balaban J connectivity index is 1.62. The second-order valence-electron chi connectivity index (χ2n) is 6.72. The molecule has 0 saturated heterocycles. The summed E-state index contributed by atoms with van der Waals surface area (Å²) in [5.41, 5.74) is 1.25. The SMILES string of the molecule is Cn1ccc(S(=O)(=O)Nc2ccc3c(C(=O)Nc4ccc(F)c(Cl)c4)n(C)nc3c2)n1. The Labute approximate surface area is 181 Å². The molecule has 0 spiro atoms. The Kier molecular flexibility index (Phi) is 5.15. The Bertz CT molecular complexity index is 1430. The summed E-state index contributed by atoms with van der Waals surface area (Å²) < 4.78 is 43.5. The van der Waals surface area contributed by atoms with Gasteiger partial charge in [-0.15, -0.1) is 0 Å². The maximum Gasteiger partial charge on any atom is 0.281 e. The van der Waals surface area contributed by atoms with Crippen molar-refractivity contribution >= 4 is 49.8 Å². The van der Waals surface area contributed by atoms with Crippen molar-refractivity contribution in [1.82, 2.24) is 19.6 Å². The smallest absolute Gasteiger partial charge is 0.281 e. The fourth-order valence-corrected chi connectivity index (χ4v) is 4.24. The van der Waals surface area contributed by atoms with E-state index in [1.807, 2.05) is 0 Å². The van der Waals surface area contributed by atoms with E-state index in [0.29, 0.717) is 16.6 Å². The van der Waals surface area contributed by atoms with Gasteiger partial charge < -0.3 is 5.32 Å². The maximum absolute atomic E-state index is 13.3. The van der Waals surface area contributed by atoms with Crippen molar-refractivity contribution in [3.8, 4) is 0 Å².